The van der Waals surface area contributed by atoms with Crippen molar-refractivity contribution in [2.45, 2.75) is 23.1 Å². The van der Waals surface area contributed by atoms with E-state index >= 15 is 0 Å². The number of methoxy groups -OCH3 is 1. The average molecular weight is 480 g/mol. The molecule has 0 aliphatic heterocycles. The Morgan fingerprint density at radius 2 is 1.81 bits per heavy atom. The molecule has 1 aromatic heterocycles. The van der Waals surface area contributed by atoms with E-state index in [1.165, 1.54) is 42.7 Å². The number of anilines is 1. The minimum absolute atomic E-state index is 0.00969. The Kier molecular flexibility index (Phi) is 6.54. The second kappa shape index (κ2) is 8.81. The van der Waals surface area contributed by atoms with Crippen molar-refractivity contribution in [1.82, 2.24) is 0 Å². The summed E-state index contributed by atoms with van der Waals surface area (Å²) < 4.78 is 57.9. The standard InChI is InChI=1S/C21H21NO6S3/c1-4-14-7-8-15(21(23)28-2)12-20(14)31(26,27)22-18-13-16(30(3,24)25)9-10-17(18)19-6-5-11-29-19/h5-13,22H,4H2,1-3H3. The molecule has 0 aliphatic rings. The van der Waals surface area contributed by atoms with Gasteiger partial charge in [0.05, 0.1) is 28.2 Å². The van der Waals surface area contributed by atoms with Crippen molar-refractivity contribution >= 4 is 42.9 Å². The van der Waals surface area contributed by atoms with Crippen LogP contribution in [0.25, 0.3) is 10.4 Å². The lowest BCUT2D eigenvalue weighted by molar-refractivity contribution is 0.0600. The van der Waals surface area contributed by atoms with Gasteiger partial charge in [-0.1, -0.05) is 25.1 Å². The molecule has 0 fully saturated rings. The molecule has 0 unspecified atom stereocenters. The van der Waals surface area contributed by atoms with Gasteiger partial charge in [-0.15, -0.1) is 11.3 Å². The Balaban J connectivity index is 2.16. The zero-order valence-corrected chi connectivity index (χ0v) is 19.5. The molecule has 3 rings (SSSR count). The summed E-state index contributed by atoms with van der Waals surface area (Å²) in [5.41, 5.74) is 1.30. The summed E-state index contributed by atoms with van der Waals surface area (Å²) in [7, 11) is -6.49. The molecule has 1 N–H and O–H groups in total. The normalized spacial score (nSPS) is 11.8. The van der Waals surface area contributed by atoms with E-state index in [2.05, 4.69) is 4.72 Å². The van der Waals surface area contributed by atoms with Crippen molar-refractivity contribution < 1.29 is 26.4 Å². The van der Waals surface area contributed by atoms with E-state index in [0.717, 1.165) is 11.1 Å². The van der Waals surface area contributed by atoms with Crippen LogP contribution in [0.4, 0.5) is 5.69 Å². The number of thiophene rings is 1. The topological polar surface area (TPSA) is 107 Å². The minimum atomic E-state index is -4.14. The van der Waals surface area contributed by atoms with Gasteiger partial charge < -0.3 is 4.74 Å². The monoisotopic (exact) mass is 479 g/mol. The first-order valence-electron chi connectivity index (χ1n) is 9.19. The predicted molar refractivity (Wildman–Crippen MR) is 121 cm³/mol. The largest absolute Gasteiger partial charge is 0.465 e. The maximum Gasteiger partial charge on any atom is 0.337 e. The number of rotatable bonds is 7. The highest BCUT2D eigenvalue weighted by atomic mass is 32.2. The lowest BCUT2D eigenvalue weighted by atomic mass is 10.1. The number of aryl methyl sites for hydroxylation is 1. The fraction of sp³-hybridized carbons (Fsp3) is 0.190. The van der Waals surface area contributed by atoms with Gasteiger partial charge >= 0.3 is 5.97 Å². The van der Waals surface area contributed by atoms with E-state index in [4.69, 9.17) is 4.74 Å². The third kappa shape index (κ3) is 4.97. The maximum absolute atomic E-state index is 13.3. The molecule has 31 heavy (non-hydrogen) atoms. The molecule has 164 valence electrons. The zero-order chi connectivity index (χ0) is 22.8. The zero-order valence-electron chi connectivity index (χ0n) is 17.1. The second-order valence-corrected chi connectivity index (χ2v) is 11.3. The summed E-state index contributed by atoms with van der Waals surface area (Å²) in [5.74, 6) is -0.655. The molecule has 1 heterocycles. The van der Waals surface area contributed by atoms with Crippen molar-refractivity contribution in [3.63, 3.8) is 0 Å². The molecule has 10 heteroatoms. The first-order chi connectivity index (χ1) is 14.6. The van der Waals surface area contributed by atoms with Crippen LogP contribution in [0.5, 0.6) is 0 Å². The molecule has 0 bridgehead atoms. The number of hydrogen-bond donors (Lipinski definition) is 1. The number of ether oxygens (including phenoxy) is 1. The maximum atomic E-state index is 13.3. The first kappa shape index (κ1) is 23.0. The smallest absolute Gasteiger partial charge is 0.337 e. The van der Waals surface area contributed by atoms with Crippen molar-refractivity contribution in [2.24, 2.45) is 0 Å². The van der Waals surface area contributed by atoms with Crippen LogP contribution in [0.3, 0.4) is 0 Å². The number of carbonyl (C=O) groups excluding carboxylic acids is 1. The molecule has 7 nitrogen and oxygen atoms in total. The van der Waals surface area contributed by atoms with Crippen LogP contribution in [-0.4, -0.2) is 36.2 Å². The third-order valence-electron chi connectivity index (χ3n) is 4.61. The van der Waals surface area contributed by atoms with Crippen molar-refractivity contribution in [1.29, 1.82) is 0 Å². The molecular weight excluding hydrogens is 458 g/mol. The van der Waals surface area contributed by atoms with Gasteiger partial charge in [-0.3, -0.25) is 4.72 Å². The second-order valence-electron chi connectivity index (χ2n) is 6.73. The Bertz CT molecular complexity index is 1330. The Morgan fingerprint density at radius 1 is 1.06 bits per heavy atom. The number of benzene rings is 2. The molecule has 2 aromatic carbocycles. The van der Waals surface area contributed by atoms with Gasteiger partial charge in [-0.2, -0.15) is 0 Å². The molecule has 3 aromatic rings. The van der Waals surface area contributed by atoms with Crippen molar-refractivity contribution in [3.8, 4) is 10.4 Å². The van der Waals surface area contributed by atoms with E-state index in [-0.39, 0.29) is 21.0 Å². The van der Waals surface area contributed by atoms with Gasteiger partial charge in [0, 0.05) is 16.7 Å². The van der Waals surface area contributed by atoms with Gasteiger partial charge in [0.2, 0.25) is 0 Å². The number of sulfone groups is 1. The van der Waals surface area contributed by atoms with Gasteiger partial charge in [-0.25, -0.2) is 21.6 Å². The van der Waals surface area contributed by atoms with Crippen molar-refractivity contribution in [3.05, 3.63) is 65.0 Å². The highest BCUT2D eigenvalue weighted by Gasteiger charge is 2.23. The van der Waals surface area contributed by atoms with Gasteiger partial charge in [0.15, 0.2) is 9.84 Å². The van der Waals surface area contributed by atoms with Crippen molar-refractivity contribution in [2.75, 3.05) is 18.1 Å². The molecule has 0 atom stereocenters. The van der Waals surface area contributed by atoms with Gasteiger partial charge in [-0.05, 0) is 47.7 Å². The average Bonchev–Trinajstić information content (AvgIpc) is 3.26. The lowest BCUT2D eigenvalue weighted by Gasteiger charge is -2.16. The van der Waals surface area contributed by atoms with E-state index in [9.17, 15) is 21.6 Å². The highest BCUT2D eigenvalue weighted by Crippen LogP contribution is 2.35. The Hall–Kier alpha value is -2.69. The lowest BCUT2D eigenvalue weighted by Crippen LogP contribution is -2.17. The SMILES string of the molecule is CCc1ccc(C(=O)OC)cc1S(=O)(=O)Nc1cc(S(C)(=O)=O)ccc1-c1cccs1. The van der Waals surface area contributed by atoms with E-state index in [1.807, 2.05) is 17.5 Å². The Morgan fingerprint density at radius 3 is 2.39 bits per heavy atom. The molecule has 0 saturated heterocycles. The summed E-state index contributed by atoms with van der Waals surface area (Å²) in [6, 6.07) is 12.3. The van der Waals surface area contributed by atoms with E-state index < -0.39 is 25.8 Å². The number of carbonyl (C=O) groups is 1. The van der Waals surface area contributed by atoms with Crippen LogP contribution in [0.15, 0.2) is 63.7 Å². The summed E-state index contributed by atoms with van der Waals surface area (Å²) in [5, 5.41) is 1.84. The Labute approximate surface area is 185 Å². The van der Waals surface area contributed by atoms with Gasteiger partial charge in [0.25, 0.3) is 10.0 Å². The summed E-state index contributed by atoms with van der Waals surface area (Å²) in [4.78, 5) is 12.6. The van der Waals surface area contributed by atoms with Crippen LogP contribution >= 0.6 is 11.3 Å². The van der Waals surface area contributed by atoms with Crippen LogP contribution < -0.4 is 4.72 Å². The molecule has 0 amide bonds. The van der Waals surface area contributed by atoms with E-state index in [1.54, 1.807) is 19.1 Å². The fourth-order valence-electron chi connectivity index (χ4n) is 3.03. The predicted octanol–water partition coefficient (Wildman–Crippen LogP) is 3.97. The molecule has 0 saturated carbocycles. The number of esters is 1. The number of hydrogen-bond acceptors (Lipinski definition) is 7. The number of nitrogens with one attached hydrogen (secondary N) is 1. The van der Waals surface area contributed by atoms with Crippen LogP contribution in [0.2, 0.25) is 0 Å². The molecule has 0 radical (unpaired) electrons. The fourth-order valence-corrected chi connectivity index (χ4v) is 5.85. The molecule has 0 aliphatic carbocycles. The van der Waals surface area contributed by atoms with Crippen LogP contribution in [-0.2, 0) is 31.0 Å². The van der Waals surface area contributed by atoms with Crippen LogP contribution in [0, 0.1) is 0 Å². The minimum Gasteiger partial charge on any atom is -0.465 e. The van der Waals surface area contributed by atoms with Crippen LogP contribution in [0.1, 0.15) is 22.8 Å². The first-order valence-corrected chi connectivity index (χ1v) is 13.4. The van der Waals surface area contributed by atoms with E-state index in [0.29, 0.717) is 17.5 Å². The summed E-state index contributed by atoms with van der Waals surface area (Å²) >= 11 is 1.40. The summed E-state index contributed by atoms with van der Waals surface area (Å²) in [6.07, 6.45) is 1.47. The third-order valence-corrected chi connectivity index (χ3v) is 8.07. The molecule has 0 spiro atoms. The quantitative estimate of drug-likeness (QED) is 0.514. The van der Waals surface area contributed by atoms with Gasteiger partial charge in [0.1, 0.15) is 0 Å². The highest BCUT2D eigenvalue weighted by molar-refractivity contribution is 7.92. The number of sulfonamides is 1. The summed E-state index contributed by atoms with van der Waals surface area (Å²) in [6.45, 7) is 1.80. The molecular formula is C21H21NO6S3.